The van der Waals surface area contributed by atoms with Crippen LogP contribution in [0.3, 0.4) is 0 Å². The first-order chi connectivity index (χ1) is 10.1. The van der Waals surface area contributed by atoms with Gasteiger partial charge >= 0.3 is 11.8 Å². The molecule has 1 aliphatic heterocycles. The molecule has 1 saturated heterocycles. The van der Waals surface area contributed by atoms with Gasteiger partial charge in [0.15, 0.2) is 0 Å². The summed E-state index contributed by atoms with van der Waals surface area (Å²) in [6.07, 6.45) is 0. The third-order valence-corrected chi connectivity index (χ3v) is 3.57. The van der Waals surface area contributed by atoms with Gasteiger partial charge in [-0.1, -0.05) is 17.7 Å². The lowest BCUT2D eigenvalue weighted by Gasteiger charge is -2.35. The second-order valence-corrected chi connectivity index (χ2v) is 5.18. The SMILES string of the molecule is O=C(NCCO)C(=O)N1CCN(c2cccc(Cl)c2)CC1. The summed E-state index contributed by atoms with van der Waals surface area (Å²) in [5.41, 5.74) is 1.01. The first kappa shape index (κ1) is 15.6. The Hall–Kier alpha value is -1.79. The molecule has 0 spiro atoms. The fraction of sp³-hybridized carbons (Fsp3) is 0.429. The molecule has 21 heavy (non-hydrogen) atoms. The maximum Gasteiger partial charge on any atom is 0.312 e. The third-order valence-electron chi connectivity index (χ3n) is 3.33. The van der Waals surface area contributed by atoms with Crippen molar-refractivity contribution in [1.82, 2.24) is 10.2 Å². The molecule has 1 fully saturated rings. The lowest BCUT2D eigenvalue weighted by atomic mass is 10.2. The van der Waals surface area contributed by atoms with Crippen LogP contribution in [0.1, 0.15) is 0 Å². The van der Waals surface area contributed by atoms with Crippen LogP contribution in [0.25, 0.3) is 0 Å². The van der Waals surface area contributed by atoms with Gasteiger partial charge in [-0.15, -0.1) is 0 Å². The summed E-state index contributed by atoms with van der Waals surface area (Å²) in [7, 11) is 0. The Morgan fingerprint density at radius 1 is 1.24 bits per heavy atom. The van der Waals surface area contributed by atoms with Gasteiger partial charge in [-0.05, 0) is 18.2 Å². The Kier molecular flexibility index (Phi) is 5.41. The Balaban J connectivity index is 1.88. The summed E-state index contributed by atoms with van der Waals surface area (Å²) >= 11 is 5.97. The molecule has 7 heteroatoms. The van der Waals surface area contributed by atoms with Crippen molar-refractivity contribution < 1.29 is 14.7 Å². The molecular formula is C14H18ClN3O3. The predicted molar refractivity (Wildman–Crippen MR) is 80.3 cm³/mol. The number of aliphatic hydroxyl groups is 1. The van der Waals surface area contributed by atoms with E-state index in [0.29, 0.717) is 31.2 Å². The molecule has 0 saturated carbocycles. The largest absolute Gasteiger partial charge is 0.395 e. The molecule has 6 nitrogen and oxygen atoms in total. The standard InChI is InChI=1S/C14H18ClN3O3/c15-11-2-1-3-12(10-11)17-5-7-18(8-6-17)14(21)13(20)16-4-9-19/h1-3,10,19H,4-9H2,(H,16,20). The number of benzene rings is 1. The highest BCUT2D eigenvalue weighted by molar-refractivity contribution is 6.35. The molecule has 1 aromatic rings. The number of hydrogen-bond acceptors (Lipinski definition) is 4. The molecule has 2 amide bonds. The smallest absolute Gasteiger partial charge is 0.312 e. The van der Waals surface area contributed by atoms with Crippen molar-refractivity contribution in [3.05, 3.63) is 29.3 Å². The van der Waals surface area contributed by atoms with Crippen LogP contribution in [0.5, 0.6) is 0 Å². The number of carbonyl (C=O) groups is 2. The van der Waals surface area contributed by atoms with E-state index < -0.39 is 11.8 Å². The molecule has 1 aliphatic rings. The maximum atomic E-state index is 11.9. The van der Waals surface area contributed by atoms with Crippen molar-refractivity contribution >= 4 is 29.1 Å². The van der Waals surface area contributed by atoms with E-state index in [9.17, 15) is 9.59 Å². The minimum atomic E-state index is -0.666. The zero-order valence-electron chi connectivity index (χ0n) is 11.6. The van der Waals surface area contributed by atoms with Crippen LogP contribution in [0.15, 0.2) is 24.3 Å². The highest BCUT2D eigenvalue weighted by Gasteiger charge is 2.25. The summed E-state index contributed by atoms with van der Waals surface area (Å²) < 4.78 is 0. The zero-order chi connectivity index (χ0) is 15.2. The van der Waals surface area contributed by atoms with Crippen molar-refractivity contribution in [3.8, 4) is 0 Å². The number of piperazine rings is 1. The molecule has 2 rings (SSSR count). The van der Waals surface area contributed by atoms with Gasteiger partial charge in [-0.25, -0.2) is 0 Å². The molecule has 114 valence electrons. The van der Waals surface area contributed by atoms with Crippen molar-refractivity contribution in [1.29, 1.82) is 0 Å². The molecule has 1 heterocycles. The van der Waals surface area contributed by atoms with E-state index in [1.54, 1.807) is 0 Å². The molecule has 0 radical (unpaired) electrons. The lowest BCUT2D eigenvalue weighted by molar-refractivity contribution is -0.146. The van der Waals surface area contributed by atoms with Gasteiger partial charge in [-0.2, -0.15) is 0 Å². The number of rotatable bonds is 3. The van der Waals surface area contributed by atoms with Gasteiger partial charge in [0.2, 0.25) is 0 Å². The van der Waals surface area contributed by atoms with E-state index in [-0.39, 0.29) is 13.2 Å². The molecule has 2 N–H and O–H groups in total. The van der Waals surface area contributed by atoms with Gasteiger partial charge in [-0.3, -0.25) is 9.59 Å². The fourth-order valence-electron chi connectivity index (χ4n) is 2.23. The summed E-state index contributed by atoms with van der Waals surface area (Å²) in [4.78, 5) is 27.1. The van der Waals surface area contributed by atoms with E-state index in [4.69, 9.17) is 16.7 Å². The maximum absolute atomic E-state index is 11.9. The number of aliphatic hydroxyl groups excluding tert-OH is 1. The number of carbonyl (C=O) groups excluding carboxylic acids is 2. The molecule has 1 aromatic carbocycles. The average molecular weight is 312 g/mol. The van der Waals surface area contributed by atoms with E-state index in [1.807, 2.05) is 24.3 Å². The molecule has 0 unspecified atom stereocenters. The van der Waals surface area contributed by atoms with Crippen molar-refractivity contribution in [2.24, 2.45) is 0 Å². The van der Waals surface area contributed by atoms with Gasteiger partial charge < -0.3 is 20.2 Å². The number of halogens is 1. The number of anilines is 1. The van der Waals surface area contributed by atoms with E-state index >= 15 is 0 Å². The summed E-state index contributed by atoms with van der Waals surface area (Å²) in [5, 5.41) is 11.7. The first-order valence-corrected chi connectivity index (χ1v) is 7.18. The zero-order valence-corrected chi connectivity index (χ0v) is 12.3. The second kappa shape index (κ2) is 7.28. The summed E-state index contributed by atoms with van der Waals surface area (Å²) in [6, 6.07) is 7.55. The summed E-state index contributed by atoms with van der Waals surface area (Å²) in [5.74, 6) is -1.21. The number of nitrogens with zero attached hydrogens (tertiary/aromatic N) is 2. The Morgan fingerprint density at radius 3 is 2.57 bits per heavy atom. The van der Waals surface area contributed by atoms with Crippen LogP contribution < -0.4 is 10.2 Å². The minimum Gasteiger partial charge on any atom is -0.395 e. The minimum absolute atomic E-state index is 0.0903. The van der Waals surface area contributed by atoms with Gasteiger partial charge in [0, 0.05) is 43.4 Å². The van der Waals surface area contributed by atoms with Gasteiger partial charge in [0.05, 0.1) is 6.61 Å². The molecule has 0 aromatic heterocycles. The predicted octanol–water partition coefficient (Wildman–Crippen LogP) is 0.0971. The first-order valence-electron chi connectivity index (χ1n) is 6.80. The Morgan fingerprint density at radius 2 is 1.95 bits per heavy atom. The van der Waals surface area contributed by atoms with Crippen LogP contribution in [0, 0.1) is 0 Å². The van der Waals surface area contributed by atoms with Crippen LogP contribution >= 0.6 is 11.6 Å². The normalized spacial score (nSPS) is 15.0. The van der Waals surface area contributed by atoms with Crippen LogP contribution in [0.4, 0.5) is 5.69 Å². The Bertz CT molecular complexity index is 516. The Labute approximate surface area is 128 Å². The van der Waals surface area contributed by atoms with Crippen molar-refractivity contribution in [2.45, 2.75) is 0 Å². The average Bonchev–Trinajstić information content (AvgIpc) is 2.52. The van der Waals surface area contributed by atoms with E-state index in [0.717, 1.165) is 5.69 Å². The number of amides is 2. The topological polar surface area (TPSA) is 72.9 Å². The van der Waals surface area contributed by atoms with Crippen LogP contribution in [-0.2, 0) is 9.59 Å². The summed E-state index contributed by atoms with van der Waals surface area (Å²) in [6.45, 7) is 2.18. The molecule has 0 aliphatic carbocycles. The highest BCUT2D eigenvalue weighted by Crippen LogP contribution is 2.20. The quantitative estimate of drug-likeness (QED) is 0.777. The number of nitrogens with one attached hydrogen (secondary N) is 1. The monoisotopic (exact) mass is 311 g/mol. The van der Waals surface area contributed by atoms with E-state index in [2.05, 4.69) is 10.2 Å². The third kappa shape index (κ3) is 4.09. The van der Waals surface area contributed by atoms with Crippen molar-refractivity contribution in [3.63, 3.8) is 0 Å². The fourth-order valence-corrected chi connectivity index (χ4v) is 2.41. The van der Waals surface area contributed by atoms with E-state index in [1.165, 1.54) is 4.90 Å². The molecular weight excluding hydrogens is 294 g/mol. The number of hydrogen-bond donors (Lipinski definition) is 2. The molecule has 0 atom stereocenters. The van der Waals surface area contributed by atoms with Gasteiger partial charge in [0.25, 0.3) is 0 Å². The second-order valence-electron chi connectivity index (χ2n) is 4.74. The highest BCUT2D eigenvalue weighted by atomic mass is 35.5. The lowest BCUT2D eigenvalue weighted by Crippen LogP contribution is -2.52. The van der Waals surface area contributed by atoms with Crippen molar-refractivity contribution in [2.75, 3.05) is 44.2 Å². The van der Waals surface area contributed by atoms with Gasteiger partial charge in [0.1, 0.15) is 0 Å². The van der Waals surface area contributed by atoms with Crippen LogP contribution in [-0.4, -0.2) is 61.2 Å². The molecule has 0 bridgehead atoms. The van der Waals surface area contributed by atoms with Crippen LogP contribution in [0.2, 0.25) is 5.02 Å².